The molecule has 0 radical (unpaired) electrons. The minimum absolute atomic E-state index is 0.373. The molecule has 3 nitrogen and oxygen atoms in total. The standard InChI is InChI=1S/C15H17NO2/c1-2-8-16-9-4-6-13(16)12-5-3-7-14-15(12)18-11-10-17-14/h1,3,5,7,13H,4,6,8-11H2. The van der Waals surface area contributed by atoms with Gasteiger partial charge in [-0.15, -0.1) is 6.42 Å². The Bertz CT molecular complexity index is 478. The Morgan fingerprint density at radius 1 is 1.33 bits per heavy atom. The van der Waals surface area contributed by atoms with E-state index in [1.54, 1.807) is 0 Å². The molecule has 0 aliphatic carbocycles. The van der Waals surface area contributed by atoms with Gasteiger partial charge in [0.2, 0.25) is 0 Å². The van der Waals surface area contributed by atoms with Gasteiger partial charge in [0.25, 0.3) is 0 Å². The van der Waals surface area contributed by atoms with E-state index in [2.05, 4.69) is 16.9 Å². The lowest BCUT2D eigenvalue weighted by Crippen LogP contribution is -2.25. The first-order valence-electron chi connectivity index (χ1n) is 6.46. The zero-order chi connectivity index (χ0) is 12.4. The molecule has 1 aromatic carbocycles. The fourth-order valence-corrected chi connectivity index (χ4v) is 2.84. The van der Waals surface area contributed by atoms with Crippen LogP contribution >= 0.6 is 0 Å². The van der Waals surface area contributed by atoms with Crippen LogP contribution in [-0.2, 0) is 0 Å². The van der Waals surface area contributed by atoms with Crippen molar-refractivity contribution in [1.29, 1.82) is 0 Å². The average molecular weight is 243 g/mol. The second-order valence-electron chi connectivity index (χ2n) is 4.70. The molecule has 18 heavy (non-hydrogen) atoms. The van der Waals surface area contributed by atoms with E-state index < -0.39 is 0 Å². The van der Waals surface area contributed by atoms with Crippen molar-refractivity contribution < 1.29 is 9.47 Å². The third-order valence-corrected chi connectivity index (χ3v) is 3.61. The van der Waals surface area contributed by atoms with Gasteiger partial charge >= 0.3 is 0 Å². The first-order valence-corrected chi connectivity index (χ1v) is 6.46. The number of terminal acetylenes is 1. The minimum atomic E-state index is 0.373. The minimum Gasteiger partial charge on any atom is -0.486 e. The van der Waals surface area contributed by atoms with Crippen molar-refractivity contribution in [3.8, 4) is 23.8 Å². The molecule has 0 saturated carbocycles. The van der Waals surface area contributed by atoms with E-state index in [4.69, 9.17) is 15.9 Å². The summed E-state index contributed by atoms with van der Waals surface area (Å²) in [6.07, 6.45) is 7.77. The Balaban J connectivity index is 1.94. The highest BCUT2D eigenvalue weighted by Gasteiger charge is 2.29. The summed E-state index contributed by atoms with van der Waals surface area (Å²) in [4.78, 5) is 2.34. The van der Waals surface area contributed by atoms with Crippen molar-refractivity contribution in [2.24, 2.45) is 0 Å². The van der Waals surface area contributed by atoms with Gasteiger partial charge in [0.1, 0.15) is 13.2 Å². The monoisotopic (exact) mass is 243 g/mol. The molecule has 3 heteroatoms. The molecule has 1 atom stereocenters. The first kappa shape index (κ1) is 11.4. The molecule has 0 amide bonds. The van der Waals surface area contributed by atoms with Crippen molar-refractivity contribution in [2.75, 3.05) is 26.3 Å². The van der Waals surface area contributed by atoms with Gasteiger partial charge in [-0.05, 0) is 25.5 Å². The van der Waals surface area contributed by atoms with Crippen LogP contribution in [0.5, 0.6) is 11.5 Å². The van der Waals surface area contributed by atoms with E-state index in [1.165, 1.54) is 12.0 Å². The number of nitrogens with zero attached hydrogens (tertiary/aromatic N) is 1. The Labute approximate surface area is 108 Å². The van der Waals surface area contributed by atoms with Crippen molar-refractivity contribution in [2.45, 2.75) is 18.9 Å². The molecule has 2 aliphatic heterocycles. The number of hydrogen-bond acceptors (Lipinski definition) is 3. The van der Waals surface area contributed by atoms with Gasteiger partial charge in [-0.1, -0.05) is 18.1 Å². The number of fused-ring (bicyclic) bond motifs is 1. The number of para-hydroxylation sites is 1. The van der Waals surface area contributed by atoms with Crippen LogP contribution in [0.2, 0.25) is 0 Å². The molecular formula is C15H17NO2. The van der Waals surface area contributed by atoms with Crippen molar-refractivity contribution in [3.05, 3.63) is 23.8 Å². The molecule has 0 aromatic heterocycles. The summed E-state index contributed by atoms with van der Waals surface area (Å²) in [6.45, 7) is 3.04. The molecule has 3 rings (SSSR count). The van der Waals surface area contributed by atoms with Crippen LogP contribution in [0.25, 0.3) is 0 Å². The van der Waals surface area contributed by atoms with Crippen molar-refractivity contribution in [1.82, 2.24) is 4.90 Å². The number of rotatable bonds is 2. The van der Waals surface area contributed by atoms with Crippen LogP contribution in [0.1, 0.15) is 24.4 Å². The maximum atomic E-state index is 5.79. The molecule has 0 spiro atoms. The summed E-state index contributed by atoms with van der Waals surface area (Å²) in [7, 11) is 0. The highest BCUT2D eigenvalue weighted by molar-refractivity contribution is 5.49. The lowest BCUT2D eigenvalue weighted by molar-refractivity contribution is 0.165. The molecule has 2 heterocycles. The van der Waals surface area contributed by atoms with Gasteiger partial charge in [-0.3, -0.25) is 4.90 Å². The molecule has 94 valence electrons. The number of hydrogen-bond donors (Lipinski definition) is 0. The summed E-state index contributed by atoms with van der Waals surface area (Å²) in [5.74, 6) is 4.52. The van der Waals surface area contributed by atoms with Crippen molar-refractivity contribution in [3.63, 3.8) is 0 Å². The Morgan fingerprint density at radius 2 is 2.22 bits per heavy atom. The summed E-state index contributed by atoms with van der Waals surface area (Å²) >= 11 is 0. The normalized spacial score (nSPS) is 22.7. The number of likely N-dealkylation sites (tertiary alicyclic amines) is 1. The second kappa shape index (κ2) is 4.91. The van der Waals surface area contributed by atoms with Crippen LogP contribution in [0.4, 0.5) is 0 Å². The Morgan fingerprint density at radius 3 is 3.11 bits per heavy atom. The molecule has 1 fully saturated rings. The van der Waals surface area contributed by atoms with Crippen LogP contribution in [0.15, 0.2) is 18.2 Å². The smallest absolute Gasteiger partial charge is 0.166 e. The third-order valence-electron chi connectivity index (χ3n) is 3.61. The van der Waals surface area contributed by atoms with Gasteiger partial charge in [0.05, 0.1) is 6.54 Å². The summed E-state index contributed by atoms with van der Waals surface area (Å²) in [5.41, 5.74) is 1.22. The van der Waals surface area contributed by atoms with Gasteiger partial charge in [0.15, 0.2) is 11.5 Å². The van der Waals surface area contributed by atoms with Gasteiger partial charge < -0.3 is 9.47 Å². The van der Waals surface area contributed by atoms with Crippen LogP contribution in [-0.4, -0.2) is 31.2 Å². The average Bonchev–Trinajstić information content (AvgIpc) is 2.87. The second-order valence-corrected chi connectivity index (χ2v) is 4.70. The highest BCUT2D eigenvalue weighted by atomic mass is 16.6. The van der Waals surface area contributed by atoms with E-state index >= 15 is 0 Å². The predicted octanol–water partition coefficient (Wildman–Crippen LogP) is 2.23. The summed E-state index contributed by atoms with van der Waals surface area (Å²) in [6, 6.07) is 6.51. The first-order chi connectivity index (χ1) is 8.90. The Hall–Kier alpha value is -1.66. The van der Waals surface area contributed by atoms with E-state index in [0.29, 0.717) is 25.8 Å². The van der Waals surface area contributed by atoms with E-state index in [0.717, 1.165) is 24.5 Å². The zero-order valence-electron chi connectivity index (χ0n) is 10.4. The highest BCUT2D eigenvalue weighted by Crippen LogP contribution is 2.42. The Kier molecular flexibility index (Phi) is 3.12. The van der Waals surface area contributed by atoms with Crippen LogP contribution in [0.3, 0.4) is 0 Å². The topological polar surface area (TPSA) is 21.7 Å². The number of ether oxygens (including phenoxy) is 2. The van der Waals surface area contributed by atoms with Crippen LogP contribution < -0.4 is 9.47 Å². The van der Waals surface area contributed by atoms with Gasteiger partial charge in [-0.25, -0.2) is 0 Å². The van der Waals surface area contributed by atoms with E-state index in [9.17, 15) is 0 Å². The number of benzene rings is 1. The van der Waals surface area contributed by atoms with E-state index in [1.807, 2.05) is 12.1 Å². The zero-order valence-corrected chi connectivity index (χ0v) is 10.4. The third kappa shape index (κ3) is 1.93. The maximum absolute atomic E-state index is 5.79. The lowest BCUT2D eigenvalue weighted by Gasteiger charge is -2.27. The summed E-state index contributed by atoms with van der Waals surface area (Å²) < 4.78 is 11.4. The SMILES string of the molecule is C#CCN1CCCC1c1cccc2c1OCCO2. The largest absolute Gasteiger partial charge is 0.486 e. The van der Waals surface area contributed by atoms with Gasteiger partial charge in [-0.2, -0.15) is 0 Å². The molecule has 0 N–H and O–H groups in total. The van der Waals surface area contributed by atoms with Crippen molar-refractivity contribution >= 4 is 0 Å². The van der Waals surface area contributed by atoms with Crippen LogP contribution in [0, 0.1) is 12.3 Å². The van der Waals surface area contributed by atoms with Gasteiger partial charge in [0, 0.05) is 11.6 Å². The molecule has 1 unspecified atom stereocenters. The predicted molar refractivity (Wildman–Crippen MR) is 69.8 cm³/mol. The molecule has 1 aromatic rings. The molecule has 1 saturated heterocycles. The molecular weight excluding hydrogens is 226 g/mol. The quantitative estimate of drug-likeness (QED) is 0.743. The maximum Gasteiger partial charge on any atom is 0.166 e. The van der Waals surface area contributed by atoms with E-state index in [-0.39, 0.29) is 0 Å². The molecule has 2 aliphatic rings. The fourth-order valence-electron chi connectivity index (χ4n) is 2.84. The molecule has 0 bridgehead atoms. The summed E-state index contributed by atoms with van der Waals surface area (Å²) in [5, 5.41) is 0. The lowest BCUT2D eigenvalue weighted by atomic mass is 10.0. The fraction of sp³-hybridized carbons (Fsp3) is 0.467.